The molecule has 0 aliphatic carbocycles. The zero-order valence-electron chi connectivity index (χ0n) is 18.9. The van der Waals surface area contributed by atoms with Gasteiger partial charge in [0.1, 0.15) is 0 Å². The van der Waals surface area contributed by atoms with E-state index in [1.165, 1.54) is 5.56 Å². The zero-order chi connectivity index (χ0) is 23.9. The molecule has 0 fully saturated rings. The summed E-state index contributed by atoms with van der Waals surface area (Å²) in [6.07, 6.45) is 7.52. The largest absolute Gasteiger partial charge is 0.352 e. The maximum absolute atomic E-state index is 12.5. The number of aryl methyl sites for hydroxylation is 1. The number of aromatic nitrogens is 6. The Balaban J connectivity index is 1.17. The van der Waals surface area contributed by atoms with Gasteiger partial charge in [0, 0.05) is 44.2 Å². The first-order chi connectivity index (χ1) is 17.2. The van der Waals surface area contributed by atoms with Gasteiger partial charge in [-0.15, -0.1) is 0 Å². The van der Waals surface area contributed by atoms with Gasteiger partial charge < -0.3 is 9.84 Å². The lowest BCUT2D eigenvalue weighted by atomic mass is 9.98. The monoisotopic (exact) mass is 465 g/mol. The molecule has 9 nitrogen and oxygen atoms in total. The second-order valence-electron chi connectivity index (χ2n) is 7.92. The Labute approximate surface area is 201 Å². The SMILES string of the molecule is O=C(CCc1nc(-c2ncccn2)no1)NCc1ccccc1-c1ccc(Cn2cccn2)cc1. The van der Waals surface area contributed by atoms with Gasteiger partial charge in [-0.1, -0.05) is 53.7 Å². The Bertz CT molecular complexity index is 1380. The van der Waals surface area contributed by atoms with Gasteiger partial charge in [0.2, 0.25) is 23.4 Å². The molecule has 3 aromatic heterocycles. The lowest BCUT2D eigenvalue weighted by molar-refractivity contribution is -0.121. The van der Waals surface area contributed by atoms with Crippen LogP contribution in [0.4, 0.5) is 0 Å². The molecule has 0 unspecified atom stereocenters. The van der Waals surface area contributed by atoms with E-state index in [1.807, 2.05) is 35.1 Å². The van der Waals surface area contributed by atoms with Gasteiger partial charge in [0.25, 0.3) is 0 Å². The van der Waals surface area contributed by atoms with Crippen LogP contribution < -0.4 is 5.32 Å². The van der Waals surface area contributed by atoms with Crippen LogP contribution in [-0.4, -0.2) is 35.8 Å². The van der Waals surface area contributed by atoms with Crippen LogP contribution in [0.25, 0.3) is 22.8 Å². The normalized spacial score (nSPS) is 10.9. The van der Waals surface area contributed by atoms with Crippen molar-refractivity contribution in [2.75, 3.05) is 0 Å². The standard InChI is InChI=1S/C26H23N7O2/c34-23(11-12-24-31-26(32-35-24)25-27-13-3-14-28-25)29-17-21-5-1-2-6-22(21)20-9-7-19(8-10-20)18-33-16-4-15-30-33/h1-10,13-16H,11-12,17-18H2,(H,29,34). The maximum Gasteiger partial charge on any atom is 0.240 e. The first-order valence-corrected chi connectivity index (χ1v) is 11.3. The minimum atomic E-state index is -0.0925. The highest BCUT2D eigenvalue weighted by atomic mass is 16.5. The summed E-state index contributed by atoms with van der Waals surface area (Å²) in [7, 11) is 0. The molecule has 35 heavy (non-hydrogen) atoms. The van der Waals surface area contributed by atoms with Gasteiger partial charge in [0.05, 0.1) is 6.54 Å². The second-order valence-corrected chi connectivity index (χ2v) is 7.92. The first-order valence-electron chi connectivity index (χ1n) is 11.3. The fraction of sp³-hybridized carbons (Fsp3) is 0.154. The van der Waals surface area contributed by atoms with E-state index in [9.17, 15) is 4.79 Å². The molecule has 5 rings (SSSR count). The number of carbonyl (C=O) groups excluding carboxylic acids is 1. The predicted molar refractivity (Wildman–Crippen MR) is 129 cm³/mol. The number of nitrogens with one attached hydrogen (secondary N) is 1. The molecular formula is C26H23N7O2. The Morgan fingerprint density at radius 1 is 0.914 bits per heavy atom. The van der Waals surface area contributed by atoms with E-state index in [-0.39, 0.29) is 12.3 Å². The van der Waals surface area contributed by atoms with Crippen LogP contribution in [0.1, 0.15) is 23.4 Å². The Morgan fingerprint density at radius 3 is 2.54 bits per heavy atom. The van der Waals surface area contributed by atoms with E-state index < -0.39 is 0 Å². The highest BCUT2D eigenvalue weighted by Gasteiger charge is 2.13. The number of amides is 1. The van der Waals surface area contributed by atoms with E-state index >= 15 is 0 Å². The highest BCUT2D eigenvalue weighted by Crippen LogP contribution is 2.24. The molecule has 1 N–H and O–H groups in total. The third-order valence-corrected chi connectivity index (χ3v) is 5.46. The molecule has 174 valence electrons. The van der Waals surface area contributed by atoms with Crippen molar-refractivity contribution in [2.24, 2.45) is 0 Å². The molecule has 0 aliphatic rings. The fourth-order valence-electron chi connectivity index (χ4n) is 3.69. The van der Waals surface area contributed by atoms with E-state index in [0.717, 1.165) is 23.2 Å². The van der Waals surface area contributed by atoms with Crippen molar-refractivity contribution < 1.29 is 9.32 Å². The molecule has 0 atom stereocenters. The molecule has 5 aromatic rings. The minimum Gasteiger partial charge on any atom is -0.352 e. The van der Waals surface area contributed by atoms with E-state index in [1.54, 1.807) is 24.7 Å². The van der Waals surface area contributed by atoms with Gasteiger partial charge in [0.15, 0.2) is 0 Å². The third kappa shape index (κ3) is 5.64. The number of rotatable bonds is 9. The smallest absolute Gasteiger partial charge is 0.240 e. The van der Waals surface area contributed by atoms with Gasteiger partial charge in [-0.3, -0.25) is 9.48 Å². The molecule has 2 aromatic carbocycles. The van der Waals surface area contributed by atoms with Crippen molar-refractivity contribution in [3.8, 4) is 22.8 Å². The molecule has 9 heteroatoms. The Morgan fingerprint density at radius 2 is 1.74 bits per heavy atom. The van der Waals surface area contributed by atoms with Crippen molar-refractivity contribution in [1.29, 1.82) is 0 Å². The van der Waals surface area contributed by atoms with E-state index in [2.05, 4.69) is 60.9 Å². The number of benzene rings is 2. The van der Waals surface area contributed by atoms with Crippen molar-refractivity contribution >= 4 is 5.91 Å². The zero-order valence-corrected chi connectivity index (χ0v) is 18.9. The summed E-state index contributed by atoms with van der Waals surface area (Å²) in [5.74, 6) is 0.979. The summed E-state index contributed by atoms with van der Waals surface area (Å²) in [5.41, 5.74) is 4.40. The van der Waals surface area contributed by atoms with Crippen LogP contribution in [0.3, 0.4) is 0 Å². The average molecular weight is 466 g/mol. The van der Waals surface area contributed by atoms with Crippen LogP contribution in [-0.2, 0) is 24.3 Å². The topological polar surface area (TPSA) is 112 Å². The molecule has 0 saturated heterocycles. The summed E-state index contributed by atoms with van der Waals surface area (Å²) in [6.45, 7) is 1.15. The Hall–Kier alpha value is -4.66. The molecule has 1 amide bonds. The Kier molecular flexibility index (Phi) is 6.65. The van der Waals surface area contributed by atoms with Crippen molar-refractivity contribution in [3.63, 3.8) is 0 Å². The average Bonchev–Trinajstić information content (AvgIpc) is 3.60. The number of hydrogen-bond acceptors (Lipinski definition) is 7. The molecule has 0 spiro atoms. The fourth-order valence-corrected chi connectivity index (χ4v) is 3.69. The van der Waals surface area contributed by atoms with Gasteiger partial charge in [-0.25, -0.2) is 9.97 Å². The van der Waals surface area contributed by atoms with E-state index in [4.69, 9.17) is 4.52 Å². The molecular weight excluding hydrogens is 442 g/mol. The van der Waals surface area contributed by atoms with Crippen LogP contribution in [0.2, 0.25) is 0 Å². The van der Waals surface area contributed by atoms with Crippen molar-refractivity contribution in [3.05, 3.63) is 102 Å². The van der Waals surface area contributed by atoms with Gasteiger partial charge >= 0.3 is 0 Å². The van der Waals surface area contributed by atoms with Gasteiger partial charge in [-0.2, -0.15) is 10.1 Å². The maximum atomic E-state index is 12.5. The van der Waals surface area contributed by atoms with Crippen LogP contribution >= 0.6 is 0 Å². The third-order valence-electron chi connectivity index (χ3n) is 5.46. The van der Waals surface area contributed by atoms with Crippen molar-refractivity contribution in [1.82, 2.24) is 35.2 Å². The molecule has 0 bridgehead atoms. The van der Waals surface area contributed by atoms with Gasteiger partial charge in [-0.05, 0) is 34.4 Å². The molecule has 0 radical (unpaired) electrons. The highest BCUT2D eigenvalue weighted by molar-refractivity contribution is 5.76. The summed E-state index contributed by atoms with van der Waals surface area (Å²) >= 11 is 0. The summed E-state index contributed by atoms with van der Waals surface area (Å²) < 4.78 is 7.12. The summed E-state index contributed by atoms with van der Waals surface area (Å²) in [5, 5.41) is 11.1. The summed E-state index contributed by atoms with van der Waals surface area (Å²) in [6, 6.07) is 20.1. The lowest BCUT2D eigenvalue weighted by Gasteiger charge is -2.12. The summed E-state index contributed by atoms with van der Waals surface area (Å²) in [4.78, 5) is 24.9. The minimum absolute atomic E-state index is 0.0925. The number of carbonyl (C=O) groups is 1. The number of nitrogens with zero attached hydrogens (tertiary/aromatic N) is 6. The van der Waals surface area contributed by atoms with E-state index in [0.29, 0.717) is 30.5 Å². The quantitative estimate of drug-likeness (QED) is 0.353. The van der Waals surface area contributed by atoms with Crippen LogP contribution in [0.15, 0.2) is 90.0 Å². The lowest BCUT2D eigenvalue weighted by Crippen LogP contribution is -2.23. The second kappa shape index (κ2) is 10.5. The number of hydrogen-bond donors (Lipinski definition) is 1. The molecule has 0 saturated carbocycles. The molecule has 0 aliphatic heterocycles. The van der Waals surface area contributed by atoms with Crippen LogP contribution in [0.5, 0.6) is 0 Å². The van der Waals surface area contributed by atoms with Crippen LogP contribution in [0, 0.1) is 0 Å². The molecule has 3 heterocycles. The van der Waals surface area contributed by atoms with Crippen molar-refractivity contribution in [2.45, 2.75) is 25.9 Å². The predicted octanol–water partition coefficient (Wildman–Crippen LogP) is 3.69. The first kappa shape index (κ1) is 22.1.